The molecule has 9 heteroatoms. The first-order valence-corrected chi connectivity index (χ1v) is 11.8. The van der Waals surface area contributed by atoms with Crippen molar-refractivity contribution < 1.29 is 13.9 Å². The van der Waals surface area contributed by atoms with Crippen LogP contribution in [-0.4, -0.2) is 34.3 Å². The maximum atomic E-state index is 14.1. The standard InChI is InChI=1S/C27H24FN5O2S/c1-35-17-24(34)30-19-10-12-20(13-11-19)33-26(25(31-27(33)36)22-8-2-3-14-29-22)23-9-5-15-32(23)21-7-4-6-18(28)16-21/h2-16,25-26H,17H2,1H3,(H,30,34)(H,31,36)/t25-,26-/m0/s1. The van der Waals surface area contributed by atoms with Gasteiger partial charge in [-0.05, 0) is 78.9 Å². The molecule has 3 heterocycles. The third kappa shape index (κ3) is 4.71. The zero-order valence-electron chi connectivity index (χ0n) is 19.5. The Kier molecular flexibility index (Phi) is 6.75. The van der Waals surface area contributed by atoms with Crippen LogP contribution in [0.15, 0.2) is 91.3 Å². The second kappa shape index (κ2) is 10.3. The number of amides is 1. The van der Waals surface area contributed by atoms with Gasteiger partial charge in [-0.15, -0.1) is 0 Å². The lowest BCUT2D eigenvalue weighted by Crippen LogP contribution is -2.30. The summed E-state index contributed by atoms with van der Waals surface area (Å²) in [5.41, 5.74) is 3.96. The average molecular weight is 502 g/mol. The van der Waals surface area contributed by atoms with E-state index in [9.17, 15) is 9.18 Å². The Balaban J connectivity index is 1.56. The first-order valence-electron chi connectivity index (χ1n) is 11.4. The Morgan fingerprint density at radius 3 is 2.64 bits per heavy atom. The summed E-state index contributed by atoms with van der Waals surface area (Å²) in [5, 5.41) is 6.77. The van der Waals surface area contributed by atoms with E-state index < -0.39 is 0 Å². The number of ether oxygens (including phenoxy) is 1. The number of hydrogen-bond acceptors (Lipinski definition) is 4. The molecule has 0 saturated carbocycles. The molecular formula is C27H24FN5O2S. The minimum absolute atomic E-state index is 0.0210. The molecule has 5 rings (SSSR count). The van der Waals surface area contributed by atoms with E-state index in [1.807, 2.05) is 76.3 Å². The van der Waals surface area contributed by atoms with Gasteiger partial charge in [-0.3, -0.25) is 9.78 Å². The number of anilines is 2. The first-order chi connectivity index (χ1) is 17.5. The molecule has 7 nitrogen and oxygen atoms in total. The van der Waals surface area contributed by atoms with Crippen molar-refractivity contribution in [3.63, 3.8) is 0 Å². The van der Waals surface area contributed by atoms with Gasteiger partial charge in [0.15, 0.2) is 5.11 Å². The Bertz CT molecular complexity index is 1380. The number of pyridine rings is 1. The Labute approximate surface area is 213 Å². The van der Waals surface area contributed by atoms with Crippen LogP contribution >= 0.6 is 12.2 Å². The number of nitrogens with one attached hydrogen (secondary N) is 2. The number of thiocarbonyl (C=S) groups is 1. The number of carbonyl (C=O) groups is 1. The van der Waals surface area contributed by atoms with Crippen LogP contribution in [0.25, 0.3) is 5.69 Å². The summed E-state index contributed by atoms with van der Waals surface area (Å²) in [7, 11) is 1.47. The number of benzene rings is 2. The predicted octanol–water partition coefficient (Wildman–Crippen LogP) is 4.77. The molecule has 2 aromatic heterocycles. The number of nitrogens with zero attached hydrogens (tertiary/aromatic N) is 3. The minimum atomic E-state index is -0.309. The molecule has 1 aliphatic heterocycles. The molecule has 2 N–H and O–H groups in total. The quantitative estimate of drug-likeness (QED) is 0.356. The number of halogens is 1. The molecule has 1 saturated heterocycles. The van der Waals surface area contributed by atoms with E-state index in [1.165, 1.54) is 19.2 Å². The maximum Gasteiger partial charge on any atom is 0.250 e. The second-order valence-electron chi connectivity index (χ2n) is 8.31. The largest absolute Gasteiger partial charge is 0.375 e. The van der Waals surface area contributed by atoms with Gasteiger partial charge >= 0.3 is 0 Å². The average Bonchev–Trinajstić information content (AvgIpc) is 3.49. The zero-order valence-corrected chi connectivity index (χ0v) is 20.3. The summed E-state index contributed by atoms with van der Waals surface area (Å²) < 4.78 is 20.9. The SMILES string of the molecule is COCC(=O)Nc1ccc(N2C(=S)N[C@@H](c3ccccn3)[C@@H]2c2cccn2-c2cccc(F)c2)cc1. The second-order valence-corrected chi connectivity index (χ2v) is 8.69. The fourth-order valence-electron chi connectivity index (χ4n) is 4.46. The summed E-state index contributed by atoms with van der Waals surface area (Å²) in [5.74, 6) is -0.541. The Hall–Kier alpha value is -4.08. The fourth-order valence-corrected chi connectivity index (χ4v) is 4.81. The van der Waals surface area contributed by atoms with Crippen LogP contribution in [-0.2, 0) is 9.53 Å². The van der Waals surface area contributed by atoms with Crippen LogP contribution < -0.4 is 15.5 Å². The van der Waals surface area contributed by atoms with E-state index in [0.717, 1.165) is 17.1 Å². The summed E-state index contributed by atoms with van der Waals surface area (Å²) in [4.78, 5) is 18.5. The molecule has 4 aromatic rings. The van der Waals surface area contributed by atoms with Crippen molar-refractivity contribution in [2.24, 2.45) is 0 Å². The molecular weight excluding hydrogens is 477 g/mol. The van der Waals surface area contributed by atoms with Gasteiger partial charge in [-0.2, -0.15) is 0 Å². The molecule has 0 spiro atoms. The van der Waals surface area contributed by atoms with Crippen LogP contribution in [0.5, 0.6) is 0 Å². The summed E-state index contributed by atoms with van der Waals surface area (Å²) in [6.07, 6.45) is 3.66. The van der Waals surface area contributed by atoms with Crippen molar-refractivity contribution in [1.82, 2.24) is 14.9 Å². The number of hydrogen-bond donors (Lipinski definition) is 2. The van der Waals surface area contributed by atoms with Gasteiger partial charge in [-0.1, -0.05) is 12.1 Å². The maximum absolute atomic E-state index is 14.1. The number of aromatic nitrogens is 2. The molecule has 1 fully saturated rings. The third-order valence-corrected chi connectivity index (χ3v) is 6.29. The number of carbonyl (C=O) groups excluding carboxylic acids is 1. The lowest BCUT2D eigenvalue weighted by molar-refractivity contribution is -0.119. The molecule has 0 bridgehead atoms. The van der Waals surface area contributed by atoms with E-state index in [0.29, 0.717) is 16.5 Å². The molecule has 0 aliphatic carbocycles. The van der Waals surface area contributed by atoms with Crippen molar-refractivity contribution in [2.75, 3.05) is 23.9 Å². The van der Waals surface area contributed by atoms with Crippen molar-refractivity contribution in [3.8, 4) is 5.69 Å². The van der Waals surface area contributed by atoms with E-state index >= 15 is 0 Å². The molecule has 2 atom stereocenters. The Morgan fingerprint density at radius 1 is 1.08 bits per heavy atom. The summed E-state index contributed by atoms with van der Waals surface area (Å²) in [6, 6.07) is 23.1. The summed E-state index contributed by atoms with van der Waals surface area (Å²) in [6.45, 7) is -0.0210. The predicted molar refractivity (Wildman–Crippen MR) is 141 cm³/mol. The van der Waals surface area contributed by atoms with Crippen molar-refractivity contribution >= 4 is 34.6 Å². The van der Waals surface area contributed by atoms with E-state index in [4.69, 9.17) is 17.0 Å². The lowest BCUT2D eigenvalue weighted by atomic mass is 10.0. The van der Waals surface area contributed by atoms with Gasteiger partial charge in [0.1, 0.15) is 18.5 Å². The van der Waals surface area contributed by atoms with Gasteiger partial charge in [-0.25, -0.2) is 4.39 Å². The van der Waals surface area contributed by atoms with Crippen molar-refractivity contribution in [3.05, 3.63) is 108 Å². The normalized spacial score (nSPS) is 17.2. The van der Waals surface area contributed by atoms with Crippen LogP contribution in [0.3, 0.4) is 0 Å². The van der Waals surface area contributed by atoms with Crippen molar-refractivity contribution in [1.29, 1.82) is 0 Å². The van der Waals surface area contributed by atoms with Crippen LogP contribution in [0, 0.1) is 5.82 Å². The van der Waals surface area contributed by atoms with Crippen LogP contribution in [0.2, 0.25) is 0 Å². The fraction of sp³-hybridized carbons (Fsp3) is 0.148. The van der Waals surface area contributed by atoms with E-state index in [2.05, 4.69) is 15.6 Å². The van der Waals surface area contributed by atoms with E-state index in [-0.39, 0.29) is 30.4 Å². The first kappa shape index (κ1) is 23.7. The highest BCUT2D eigenvalue weighted by Gasteiger charge is 2.42. The molecule has 1 amide bonds. The van der Waals surface area contributed by atoms with Crippen LogP contribution in [0.1, 0.15) is 23.5 Å². The topological polar surface area (TPSA) is 71.4 Å². The highest BCUT2D eigenvalue weighted by atomic mass is 32.1. The lowest BCUT2D eigenvalue weighted by Gasteiger charge is -2.29. The minimum Gasteiger partial charge on any atom is -0.375 e. The highest BCUT2D eigenvalue weighted by Crippen LogP contribution is 2.42. The monoisotopic (exact) mass is 501 g/mol. The highest BCUT2D eigenvalue weighted by molar-refractivity contribution is 7.80. The molecule has 2 aromatic carbocycles. The molecule has 36 heavy (non-hydrogen) atoms. The smallest absolute Gasteiger partial charge is 0.250 e. The molecule has 1 aliphatic rings. The van der Waals surface area contributed by atoms with Gasteiger partial charge < -0.3 is 24.8 Å². The van der Waals surface area contributed by atoms with Crippen molar-refractivity contribution in [2.45, 2.75) is 12.1 Å². The molecule has 0 radical (unpaired) electrons. The van der Waals surface area contributed by atoms with E-state index in [1.54, 1.807) is 12.3 Å². The molecule has 182 valence electrons. The van der Waals surface area contributed by atoms with Gasteiger partial charge in [0, 0.05) is 42.3 Å². The van der Waals surface area contributed by atoms with Gasteiger partial charge in [0.05, 0.1) is 11.7 Å². The third-order valence-electron chi connectivity index (χ3n) is 5.97. The van der Waals surface area contributed by atoms with Crippen LogP contribution in [0.4, 0.5) is 15.8 Å². The van der Waals surface area contributed by atoms with Gasteiger partial charge in [0.25, 0.3) is 0 Å². The number of rotatable bonds is 7. The zero-order chi connectivity index (χ0) is 25.1. The Morgan fingerprint density at radius 2 is 1.92 bits per heavy atom. The summed E-state index contributed by atoms with van der Waals surface area (Å²) >= 11 is 5.80. The van der Waals surface area contributed by atoms with Gasteiger partial charge in [0.2, 0.25) is 5.91 Å². The molecule has 0 unspecified atom stereocenters. The number of methoxy groups -OCH3 is 1.